The van der Waals surface area contributed by atoms with Gasteiger partial charge in [0.25, 0.3) is 0 Å². The number of rotatable bonds is 13. The predicted molar refractivity (Wildman–Crippen MR) is 89.2 cm³/mol. The van der Waals surface area contributed by atoms with Crippen molar-refractivity contribution >= 4 is 11.7 Å². The Bertz CT molecular complexity index is 285. The maximum Gasteiger partial charge on any atom is 0.219 e. The zero-order valence-corrected chi connectivity index (χ0v) is 14.5. The van der Waals surface area contributed by atoms with Crippen LogP contribution in [0, 0.1) is 11.8 Å². The van der Waals surface area contributed by atoms with Crippen molar-refractivity contribution < 1.29 is 9.59 Å². The van der Waals surface area contributed by atoms with Gasteiger partial charge in [0.05, 0.1) is 0 Å². The van der Waals surface area contributed by atoms with Gasteiger partial charge in [-0.25, -0.2) is 0 Å². The Balaban J connectivity index is 3.32. The molecule has 0 unspecified atom stereocenters. The maximum absolute atomic E-state index is 11.6. The number of nitrogens with one attached hydrogen (secondary N) is 1. The van der Waals surface area contributed by atoms with E-state index >= 15 is 0 Å². The van der Waals surface area contributed by atoms with Gasteiger partial charge in [-0.1, -0.05) is 53.4 Å². The molecule has 0 aromatic heterocycles. The SMILES string of the molecule is CC(C)CCCCNC(=O)CCCCCCC(=O)C(C)C. The second-order valence-corrected chi connectivity index (χ2v) is 6.77. The smallest absolute Gasteiger partial charge is 0.219 e. The fraction of sp³-hybridized carbons (Fsp3) is 0.889. The van der Waals surface area contributed by atoms with Crippen molar-refractivity contribution in [3.63, 3.8) is 0 Å². The molecule has 0 aliphatic heterocycles. The summed E-state index contributed by atoms with van der Waals surface area (Å²) in [5.41, 5.74) is 0. The van der Waals surface area contributed by atoms with E-state index in [9.17, 15) is 9.59 Å². The molecule has 0 saturated heterocycles. The summed E-state index contributed by atoms with van der Waals surface area (Å²) >= 11 is 0. The highest BCUT2D eigenvalue weighted by Crippen LogP contribution is 2.09. The van der Waals surface area contributed by atoms with Gasteiger partial charge >= 0.3 is 0 Å². The molecule has 0 spiro atoms. The zero-order valence-electron chi connectivity index (χ0n) is 14.5. The molecular formula is C18H35NO2. The lowest BCUT2D eigenvalue weighted by atomic mass is 10.0. The number of hydrogen-bond donors (Lipinski definition) is 1. The molecule has 0 fully saturated rings. The largest absolute Gasteiger partial charge is 0.356 e. The summed E-state index contributed by atoms with van der Waals surface area (Å²) < 4.78 is 0. The number of unbranched alkanes of at least 4 members (excludes halogenated alkanes) is 4. The third kappa shape index (κ3) is 13.9. The van der Waals surface area contributed by atoms with E-state index in [-0.39, 0.29) is 11.8 Å². The summed E-state index contributed by atoms with van der Waals surface area (Å²) in [6.45, 7) is 9.18. The molecule has 0 aromatic carbocycles. The van der Waals surface area contributed by atoms with Gasteiger partial charge in [-0.15, -0.1) is 0 Å². The lowest BCUT2D eigenvalue weighted by molar-refractivity contribution is -0.122. The van der Waals surface area contributed by atoms with Crippen LogP contribution in [0.15, 0.2) is 0 Å². The Morgan fingerprint density at radius 2 is 1.43 bits per heavy atom. The van der Waals surface area contributed by atoms with E-state index in [1.165, 1.54) is 12.8 Å². The van der Waals surface area contributed by atoms with Crippen molar-refractivity contribution in [2.75, 3.05) is 6.54 Å². The summed E-state index contributed by atoms with van der Waals surface area (Å²) in [7, 11) is 0. The Morgan fingerprint density at radius 3 is 2.00 bits per heavy atom. The van der Waals surface area contributed by atoms with Crippen molar-refractivity contribution in [3.05, 3.63) is 0 Å². The van der Waals surface area contributed by atoms with Crippen molar-refractivity contribution in [2.45, 2.75) is 85.5 Å². The van der Waals surface area contributed by atoms with Gasteiger partial charge in [-0.05, 0) is 25.2 Å². The van der Waals surface area contributed by atoms with Gasteiger partial charge in [0.15, 0.2) is 0 Å². The maximum atomic E-state index is 11.6. The number of amides is 1. The normalized spacial score (nSPS) is 11.1. The molecular weight excluding hydrogens is 262 g/mol. The lowest BCUT2D eigenvalue weighted by Crippen LogP contribution is -2.24. The van der Waals surface area contributed by atoms with Crippen LogP contribution in [0.1, 0.15) is 85.5 Å². The lowest BCUT2D eigenvalue weighted by Gasteiger charge is -2.07. The third-order valence-corrected chi connectivity index (χ3v) is 3.75. The van der Waals surface area contributed by atoms with Crippen LogP contribution < -0.4 is 5.32 Å². The minimum atomic E-state index is 0.159. The summed E-state index contributed by atoms with van der Waals surface area (Å²) in [5, 5.41) is 2.99. The van der Waals surface area contributed by atoms with E-state index < -0.39 is 0 Å². The van der Waals surface area contributed by atoms with E-state index in [2.05, 4.69) is 19.2 Å². The fourth-order valence-electron chi connectivity index (χ4n) is 2.22. The highest BCUT2D eigenvalue weighted by Gasteiger charge is 2.06. The van der Waals surface area contributed by atoms with Crippen molar-refractivity contribution in [1.82, 2.24) is 5.32 Å². The van der Waals surface area contributed by atoms with Crippen molar-refractivity contribution in [1.29, 1.82) is 0 Å². The van der Waals surface area contributed by atoms with Gasteiger partial charge < -0.3 is 5.32 Å². The van der Waals surface area contributed by atoms with Gasteiger partial charge in [0.2, 0.25) is 5.91 Å². The summed E-state index contributed by atoms with van der Waals surface area (Å²) in [4.78, 5) is 23.0. The minimum Gasteiger partial charge on any atom is -0.356 e. The summed E-state index contributed by atoms with van der Waals surface area (Å²) in [6.07, 6.45) is 8.85. The number of hydrogen-bond acceptors (Lipinski definition) is 2. The molecule has 3 nitrogen and oxygen atoms in total. The van der Waals surface area contributed by atoms with Crippen LogP contribution in [0.2, 0.25) is 0 Å². The van der Waals surface area contributed by atoms with Gasteiger partial charge in [-0.2, -0.15) is 0 Å². The summed E-state index contributed by atoms with van der Waals surface area (Å²) in [6, 6.07) is 0. The summed E-state index contributed by atoms with van der Waals surface area (Å²) in [5.74, 6) is 1.45. The predicted octanol–water partition coefficient (Wildman–Crippen LogP) is 4.49. The van der Waals surface area contributed by atoms with Gasteiger partial charge in [-0.3, -0.25) is 9.59 Å². The number of carbonyl (C=O) groups excluding carboxylic acids is 2. The van der Waals surface area contributed by atoms with Gasteiger partial charge in [0, 0.05) is 25.3 Å². The monoisotopic (exact) mass is 297 g/mol. The molecule has 1 N–H and O–H groups in total. The number of carbonyl (C=O) groups is 2. The first-order valence-corrected chi connectivity index (χ1v) is 8.73. The van der Waals surface area contributed by atoms with Crippen LogP contribution in [0.3, 0.4) is 0 Å². The highest BCUT2D eigenvalue weighted by atomic mass is 16.1. The molecule has 124 valence electrons. The quantitative estimate of drug-likeness (QED) is 0.509. The van der Waals surface area contributed by atoms with Crippen molar-refractivity contribution in [3.8, 4) is 0 Å². The van der Waals surface area contributed by atoms with Crippen LogP contribution in [0.5, 0.6) is 0 Å². The van der Waals surface area contributed by atoms with E-state index in [0.717, 1.165) is 44.6 Å². The van der Waals surface area contributed by atoms with E-state index in [1.54, 1.807) is 0 Å². The van der Waals surface area contributed by atoms with Crippen LogP contribution in [0.25, 0.3) is 0 Å². The second kappa shape index (κ2) is 12.8. The number of ketones is 1. The Hall–Kier alpha value is -0.860. The fourth-order valence-corrected chi connectivity index (χ4v) is 2.22. The van der Waals surface area contributed by atoms with Crippen LogP contribution in [0.4, 0.5) is 0 Å². The van der Waals surface area contributed by atoms with Crippen LogP contribution in [-0.2, 0) is 9.59 Å². The van der Waals surface area contributed by atoms with E-state index in [4.69, 9.17) is 0 Å². The zero-order chi connectivity index (χ0) is 16.1. The molecule has 0 aliphatic carbocycles. The Morgan fingerprint density at radius 1 is 0.810 bits per heavy atom. The first kappa shape index (κ1) is 20.1. The molecule has 3 heteroatoms. The van der Waals surface area contributed by atoms with Gasteiger partial charge in [0.1, 0.15) is 5.78 Å². The Labute approximate surface area is 131 Å². The van der Waals surface area contributed by atoms with Crippen molar-refractivity contribution in [2.24, 2.45) is 11.8 Å². The second-order valence-electron chi connectivity index (χ2n) is 6.77. The topological polar surface area (TPSA) is 46.2 Å². The molecule has 0 aliphatic rings. The molecule has 21 heavy (non-hydrogen) atoms. The highest BCUT2D eigenvalue weighted by molar-refractivity contribution is 5.80. The molecule has 0 rings (SSSR count). The minimum absolute atomic E-state index is 0.159. The van der Waals surface area contributed by atoms with Crippen LogP contribution >= 0.6 is 0 Å². The molecule has 0 saturated carbocycles. The molecule has 0 aromatic rings. The first-order valence-electron chi connectivity index (χ1n) is 8.73. The van der Waals surface area contributed by atoms with E-state index in [1.807, 2.05) is 13.8 Å². The molecule has 0 atom stereocenters. The third-order valence-electron chi connectivity index (χ3n) is 3.75. The molecule has 0 heterocycles. The Kier molecular flexibility index (Phi) is 12.3. The number of Topliss-reactive ketones (excluding diaryl/α,β-unsaturated/α-hetero) is 1. The average molecular weight is 297 g/mol. The molecule has 1 amide bonds. The molecule has 0 radical (unpaired) electrons. The first-order chi connectivity index (χ1) is 9.93. The standard InChI is InChI=1S/C18H35NO2/c1-15(2)11-9-10-14-19-18(21)13-8-6-5-7-12-17(20)16(3)4/h15-16H,5-14H2,1-4H3,(H,19,21). The average Bonchev–Trinajstić information content (AvgIpc) is 2.41. The van der Waals surface area contributed by atoms with E-state index in [0.29, 0.717) is 18.6 Å². The van der Waals surface area contributed by atoms with Crippen LogP contribution in [-0.4, -0.2) is 18.2 Å². The molecule has 0 bridgehead atoms.